The van der Waals surface area contributed by atoms with E-state index in [4.69, 9.17) is 4.74 Å². The fourth-order valence-corrected chi connectivity index (χ4v) is 2.46. The number of esters is 1. The summed E-state index contributed by atoms with van der Waals surface area (Å²) in [5.74, 6) is -1.47. The maximum Gasteiger partial charge on any atom is 0.328 e. The molecule has 0 unspecified atom stereocenters. The van der Waals surface area contributed by atoms with Gasteiger partial charge in [-0.25, -0.2) is 4.79 Å². The quantitative estimate of drug-likeness (QED) is 0.247. The number of carbonyl (C=O) groups excluding carboxylic acids is 2. The number of hydrogen-bond donors (Lipinski definition) is 1. The highest BCUT2D eigenvalue weighted by atomic mass is 16.6. The Bertz CT molecular complexity index is 689. The number of nitrogens with one attached hydrogen (secondary N) is 1. The molecular weight excluding hydrogens is 370 g/mol. The summed E-state index contributed by atoms with van der Waals surface area (Å²) in [7, 11) is 0. The summed E-state index contributed by atoms with van der Waals surface area (Å²) < 4.78 is 5.10. The largest absolute Gasteiger partial charge is 0.464 e. The molecule has 0 fully saturated rings. The Labute approximate surface area is 162 Å². The predicted molar refractivity (Wildman–Crippen MR) is 101 cm³/mol. The predicted octanol–water partition coefficient (Wildman–Crippen LogP) is 3.53. The van der Waals surface area contributed by atoms with Gasteiger partial charge in [-0.2, -0.15) is 0 Å². The molecular formula is C18H25N3O7. The molecule has 0 saturated heterocycles. The minimum absolute atomic E-state index is 0.244. The zero-order valence-electron chi connectivity index (χ0n) is 16.0. The molecule has 0 bridgehead atoms. The Balaban J connectivity index is 2.58. The molecule has 0 aromatic heterocycles. The average molecular weight is 395 g/mol. The van der Waals surface area contributed by atoms with Gasteiger partial charge in [0.2, 0.25) is 0 Å². The lowest BCUT2D eigenvalue weighted by Crippen LogP contribution is -2.39. The molecule has 28 heavy (non-hydrogen) atoms. The van der Waals surface area contributed by atoms with Crippen LogP contribution in [-0.2, 0) is 9.53 Å². The smallest absolute Gasteiger partial charge is 0.328 e. The lowest BCUT2D eigenvalue weighted by atomic mass is 10.1. The third-order valence-corrected chi connectivity index (χ3v) is 4.03. The summed E-state index contributed by atoms with van der Waals surface area (Å²) in [6.45, 7) is 3.78. The van der Waals surface area contributed by atoms with Crippen LogP contribution in [0.3, 0.4) is 0 Å². The Kier molecular flexibility index (Phi) is 9.55. The number of nitro benzene ring substituents is 2. The highest BCUT2D eigenvalue weighted by molar-refractivity contribution is 5.97. The van der Waals surface area contributed by atoms with Gasteiger partial charge in [0.25, 0.3) is 17.3 Å². The fourth-order valence-electron chi connectivity index (χ4n) is 2.46. The van der Waals surface area contributed by atoms with Crippen molar-refractivity contribution in [2.75, 3.05) is 6.61 Å². The van der Waals surface area contributed by atoms with Crippen molar-refractivity contribution in [1.29, 1.82) is 0 Å². The first-order valence-corrected chi connectivity index (χ1v) is 9.17. The van der Waals surface area contributed by atoms with Crippen molar-refractivity contribution in [3.05, 3.63) is 44.0 Å². The summed E-state index contributed by atoms with van der Waals surface area (Å²) in [6.07, 6.45) is 6.23. The van der Waals surface area contributed by atoms with Crippen LogP contribution in [0.25, 0.3) is 0 Å². The number of amides is 1. The van der Waals surface area contributed by atoms with Crippen molar-refractivity contribution in [3.8, 4) is 0 Å². The first-order valence-electron chi connectivity index (χ1n) is 9.17. The summed E-state index contributed by atoms with van der Waals surface area (Å²) in [6, 6.07) is 1.59. The van der Waals surface area contributed by atoms with Crippen LogP contribution in [0.15, 0.2) is 18.2 Å². The van der Waals surface area contributed by atoms with Crippen LogP contribution in [0.5, 0.6) is 0 Å². The van der Waals surface area contributed by atoms with E-state index in [0.717, 1.165) is 50.3 Å². The van der Waals surface area contributed by atoms with Crippen molar-refractivity contribution in [2.45, 2.75) is 58.4 Å². The normalized spacial score (nSPS) is 11.5. The van der Waals surface area contributed by atoms with Crippen LogP contribution in [0, 0.1) is 20.2 Å². The molecule has 0 aliphatic rings. The van der Waals surface area contributed by atoms with Crippen molar-refractivity contribution >= 4 is 23.3 Å². The summed E-state index contributed by atoms with van der Waals surface area (Å²) in [5.41, 5.74) is -1.45. The van der Waals surface area contributed by atoms with Crippen LogP contribution < -0.4 is 5.32 Å². The lowest BCUT2D eigenvalue weighted by Gasteiger charge is -2.13. The van der Waals surface area contributed by atoms with Gasteiger partial charge in [0.15, 0.2) is 0 Å². The molecule has 0 aliphatic carbocycles. The van der Waals surface area contributed by atoms with E-state index >= 15 is 0 Å². The zero-order valence-corrected chi connectivity index (χ0v) is 16.0. The number of unbranched alkanes of at least 4 members (excludes halogenated alkanes) is 5. The molecule has 10 nitrogen and oxygen atoms in total. The Morgan fingerprint density at radius 1 is 1.00 bits per heavy atom. The molecule has 0 heterocycles. The summed E-state index contributed by atoms with van der Waals surface area (Å²) in [5, 5.41) is 24.1. The van der Waals surface area contributed by atoms with Crippen molar-refractivity contribution in [1.82, 2.24) is 5.32 Å². The second kappa shape index (κ2) is 11.6. The molecule has 0 spiro atoms. The van der Waals surface area contributed by atoms with Crippen LogP contribution >= 0.6 is 0 Å². The number of nitrogens with zero attached hydrogens (tertiary/aromatic N) is 2. The van der Waals surface area contributed by atoms with Gasteiger partial charge in [-0.15, -0.1) is 0 Å². The molecule has 1 aromatic rings. The second-order valence-electron chi connectivity index (χ2n) is 6.38. The number of non-ortho nitro benzene ring substituents is 2. The maximum atomic E-state index is 12.2. The first kappa shape index (κ1) is 23.0. The molecule has 1 atom stereocenters. The number of benzene rings is 1. The monoisotopic (exact) mass is 395 g/mol. The number of rotatable bonds is 12. The molecule has 1 amide bonds. The summed E-state index contributed by atoms with van der Waals surface area (Å²) in [4.78, 5) is 44.3. The van der Waals surface area contributed by atoms with E-state index in [9.17, 15) is 29.8 Å². The second-order valence-corrected chi connectivity index (χ2v) is 6.38. The van der Waals surface area contributed by atoms with E-state index in [1.165, 1.54) is 13.3 Å². The van der Waals surface area contributed by atoms with E-state index in [2.05, 4.69) is 12.2 Å². The minimum Gasteiger partial charge on any atom is -0.464 e. The van der Waals surface area contributed by atoms with Crippen LogP contribution in [0.4, 0.5) is 11.4 Å². The zero-order chi connectivity index (χ0) is 21.1. The van der Waals surface area contributed by atoms with Gasteiger partial charge >= 0.3 is 5.97 Å². The number of hydrogen-bond acceptors (Lipinski definition) is 7. The van der Waals surface area contributed by atoms with E-state index in [-0.39, 0.29) is 12.2 Å². The third kappa shape index (κ3) is 7.68. The van der Waals surface area contributed by atoms with E-state index in [1.54, 1.807) is 0 Å². The molecule has 0 aliphatic heterocycles. The summed E-state index contributed by atoms with van der Waals surface area (Å²) >= 11 is 0. The molecule has 0 saturated carbocycles. The number of nitro groups is 2. The van der Waals surface area contributed by atoms with Crippen molar-refractivity contribution < 1.29 is 24.2 Å². The van der Waals surface area contributed by atoms with Gasteiger partial charge in [0.05, 0.1) is 28.1 Å². The maximum absolute atomic E-state index is 12.2. The average Bonchev–Trinajstić information content (AvgIpc) is 2.66. The Morgan fingerprint density at radius 2 is 1.54 bits per heavy atom. The van der Waals surface area contributed by atoms with E-state index in [0.29, 0.717) is 0 Å². The van der Waals surface area contributed by atoms with Gasteiger partial charge in [-0.1, -0.05) is 39.0 Å². The highest BCUT2D eigenvalue weighted by Gasteiger charge is 2.23. The van der Waals surface area contributed by atoms with Gasteiger partial charge < -0.3 is 10.1 Å². The van der Waals surface area contributed by atoms with Crippen molar-refractivity contribution in [3.63, 3.8) is 0 Å². The highest BCUT2D eigenvalue weighted by Crippen LogP contribution is 2.22. The number of ether oxygens (including phenoxy) is 1. The van der Waals surface area contributed by atoms with Gasteiger partial charge in [-0.05, 0) is 13.3 Å². The van der Waals surface area contributed by atoms with Crippen LogP contribution in [0.1, 0.15) is 62.7 Å². The Morgan fingerprint density at radius 3 is 2.07 bits per heavy atom. The van der Waals surface area contributed by atoms with Gasteiger partial charge in [0.1, 0.15) is 6.04 Å². The van der Waals surface area contributed by atoms with Gasteiger partial charge in [-0.3, -0.25) is 25.0 Å². The number of carbonyl (C=O) groups is 2. The fraction of sp³-hybridized carbons (Fsp3) is 0.556. The van der Waals surface area contributed by atoms with Gasteiger partial charge in [0, 0.05) is 12.1 Å². The standard InChI is InChI=1S/C18H25N3O7/c1-3-4-5-6-7-8-9-28-18(23)13(2)19-17(22)14-10-15(20(24)25)12-16(11-14)21(26)27/h10-13H,3-9H2,1-2H3,(H,19,22)/t13-/m0/s1. The SMILES string of the molecule is CCCCCCCCOC(=O)[C@H](C)NC(=O)c1cc([N+](=O)[O-])cc([N+](=O)[O-])c1. The van der Waals surface area contributed by atoms with E-state index < -0.39 is 39.1 Å². The topological polar surface area (TPSA) is 142 Å². The molecule has 10 heteroatoms. The molecule has 1 aromatic carbocycles. The minimum atomic E-state index is -0.995. The van der Waals surface area contributed by atoms with Crippen LogP contribution in [0.2, 0.25) is 0 Å². The lowest BCUT2D eigenvalue weighted by molar-refractivity contribution is -0.394. The molecule has 0 radical (unpaired) electrons. The molecule has 1 rings (SSSR count). The molecule has 1 N–H and O–H groups in total. The third-order valence-electron chi connectivity index (χ3n) is 4.03. The van der Waals surface area contributed by atoms with E-state index in [1.807, 2.05) is 0 Å². The molecule has 154 valence electrons. The Hall–Kier alpha value is -3.04. The van der Waals surface area contributed by atoms with Crippen LogP contribution in [-0.4, -0.2) is 34.4 Å². The first-order chi connectivity index (χ1) is 13.3. The van der Waals surface area contributed by atoms with Crippen molar-refractivity contribution in [2.24, 2.45) is 0 Å².